The molecule has 1 N–H and O–H groups in total. The van der Waals surface area contributed by atoms with Gasteiger partial charge in [0.1, 0.15) is 11.7 Å². The Morgan fingerprint density at radius 2 is 1.75 bits per heavy atom. The van der Waals surface area contributed by atoms with Gasteiger partial charge in [-0.15, -0.1) is 0 Å². The van der Waals surface area contributed by atoms with E-state index in [9.17, 15) is 24.3 Å². The van der Waals surface area contributed by atoms with Crippen LogP contribution in [0, 0.1) is 0 Å². The molecule has 0 fully saturated rings. The molecule has 0 radical (unpaired) electrons. The molecule has 0 aliphatic heterocycles. The fraction of sp³-hybridized carbons (Fsp3) is 0.630. The molecule has 0 amide bonds. The van der Waals surface area contributed by atoms with Crippen molar-refractivity contribution in [3.8, 4) is 0 Å². The first-order valence-corrected chi connectivity index (χ1v) is 12.9. The predicted molar refractivity (Wildman–Crippen MR) is 136 cm³/mol. The number of hydrogen-bond donors (Lipinski definition) is 1. The molecule has 0 aromatic rings. The smallest absolute Gasteiger partial charge is 0.305 e. The number of Topliss-reactive ketones (excluding diaryl/α,β-unsaturated/α-hetero) is 1. The number of unbranched alkanes of at least 4 members (excludes halogenated alkanes) is 3. The van der Waals surface area contributed by atoms with Crippen molar-refractivity contribution >= 4 is 35.3 Å². The van der Waals surface area contributed by atoms with E-state index in [2.05, 4.69) is 6.92 Å². The lowest BCUT2D eigenvalue weighted by Gasteiger charge is -2.27. The van der Waals surface area contributed by atoms with Crippen molar-refractivity contribution in [2.75, 3.05) is 6.61 Å². The number of rotatable bonds is 16. The van der Waals surface area contributed by atoms with Crippen LogP contribution in [-0.4, -0.2) is 53.2 Å². The van der Waals surface area contributed by atoms with E-state index in [1.807, 2.05) is 13.0 Å². The van der Waals surface area contributed by atoms with Gasteiger partial charge in [0, 0.05) is 32.3 Å². The summed E-state index contributed by atoms with van der Waals surface area (Å²) in [5, 5.41) is 11.1. The Kier molecular flexibility index (Phi) is 14.3. The average Bonchev–Trinajstić information content (AvgIpc) is 3.01. The van der Waals surface area contributed by atoms with E-state index in [0.717, 1.165) is 25.7 Å². The number of aliphatic hydroxyl groups is 1. The van der Waals surface area contributed by atoms with Crippen molar-refractivity contribution in [3.63, 3.8) is 0 Å². The SMILES string of the molecule is CCCCCC=CCC1(O)C=C(Cl)C(=O)C1=CC(OC(C)=O)C(CCCC(=O)OCCC)OC(C)=O. The molecule has 1 aliphatic rings. The van der Waals surface area contributed by atoms with Crippen LogP contribution in [-0.2, 0) is 33.4 Å². The zero-order valence-corrected chi connectivity index (χ0v) is 22.5. The minimum atomic E-state index is -1.70. The van der Waals surface area contributed by atoms with Crippen molar-refractivity contribution in [3.05, 3.63) is 34.9 Å². The van der Waals surface area contributed by atoms with E-state index in [4.69, 9.17) is 25.8 Å². The summed E-state index contributed by atoms with van der Waals surface area (Å²) < 4.78 is 15.8. The Labute approximate surface area is 218 Å². The average molecular weight is 527 g/mol. The number of ketones is 1. The second-order valence-corrected chi connectivity index (χ2v) is 9.24. The van der Waals surface area contributed by atoms with Gasteiger partial charge in [-0.2, -0.15) is 0 Å². The highest BCUT2D eigenvalue weighted by atomic mass is 35.5. The summed E-state index contributed by atoms with van der Waals surface area (Å²) in [6.45, 7) is 6.71. The molecule has 36 heavy (non-hydrogen) atoms. The molecule has 0 heterocycles. The first kappa shape index (κ1) is 31.6. The summed E-state index contributed by atoms with van der Waals surface area (Å²) in [6.07, 6.45) is 9.53. The maximum atomic E-state index is 12.8. The third-order valence-electron chi connectivity index (χ3n) is 5.52. The molecule has 3 atom stereocenters. The number of allylic oxidation sites excluding steroid dienone is 2. The summed E-state index contributed by atoms with van der Waals surface area (Å²) in [5.41, 5.74) is -1.75. The molecule has 0 saturated carbocycles. The van der Waals surface area contributed by atoms with Gasteiger partial charge in [-0.1, -0.05) is 50.4 Å². The standard InChI is InChI=1S/C27H39ClO8/c1-5-7-8-9-10-11-15-27(33)18-22(28)26(32)21(27)17-24(36-20(4)30)23(35-19(3)29)13-12-14-25(31)34-16-6-2/h10-11,17-18,23-24,33H,5-9,12-16H2,1-4H3. The van der Waals surface area contributed by atoms with Crippen LogP contribution in [0.3, 0.4) is 0 Å². The Balaban J connectivity index is 3.15. The molecule has 9 heteroatoms. The largest absolute Gasteiger partial charge is 0.466 e. The molecule has 0 bridgehead atoms. The van der Waals surface area contributed by atoms with Crippen molar-refractivity contribution in [1.29, 1.82) is 0 Å². The number of carbonyl (C=O) groups excluding carboxylic acids is 4. The highest BCUT2D eigenvalue weighted by Gasteiger charge is 2.42. The zero-order valence-electron chi connectivity index (χ0n) is 21.7. The van der Waals surface area contributed by atoms with Crippen molar-refractivity contribution in [2.24, 2.45) is 0 Å². The third kappa shape index (κ3) is 11.1. The van der Waals surface area contributed by atoms with Crippen molar-refractivity contribution in [2.45, 2.75) is 103 Å². The summed E-state index contributed by atoms with van der Waals surface area (Å²) in [4.78, 5) is 48.3. The van der Waals surface area contributed by atoms with Gasteiger partial charge in [0.15, 0.2) is 6.10 Å². The van der Waals surface area contributed by atoms with Crippen LogP contribution < -0.4 is 0 Å². The number of carbonyl (C=O) groups is 4. The van der Waals surface area contributed by atoms with E-state index >= 15 is 0 Å². The molecule has 8 nitrogen and oxygen atoms in total. The minimum absolute atomic E-state index is 0.0588. The van der Waals surface area contributed by atoms with Gasteiger partial charge < -0.3 is 19.3 Å². The van der Waals surface area contributed by atoms with Gasteiger partial charge >= 0.3 is 17.9 Å². The summed E-state index contributed by atoms with van der Waals surface area (Å²) >= 11 is 6.08. The van der Waals surface area contributed by atoms with Crippen LogP contribution in [0.25, 0.3) is 0 Å². The highest BCUT2D eigenvalue weighted by Crippen LogP contribution is 2.37. The second-order valence-electron chi connectivity index (χ2n) is 8.83. The van der Waals surface area contributed by atoms with Gasteiger partial charge in [-0.25, -0.2) is 0 Å². The maximum absolute atomic E-state index is 12.8. The maximum Gasteiger partial charge on any atom is 0.305 e. The number of ether oxygens (including phenoxy) is 3. The van der Waals surface area contributed by atoms with Crippen molar-refractivity contribution < 1.29 is 38.5 Å². The molecule has 1 rings (SSSR count). The fourth-order valence-corrected chi connectivity index (χ4v) is 4.05. The number of hydrogen-bond acceptors (Lipinski definition) is 8. The molecule has 0 saturated heterocycles. The molecule has 3 unspecified atom stereocenters. The van der Waals surface area contributed by atoms with Crippen LogP contribution in [0.5, 0.6) is 0 Å². The van der Waals surface area contributed by atoms with Crippen LogP contribution in [0.1, 0.15) is 85.5 Å². The van der Waals surface area contributed by atoms with Crippen molar-refractivity contribution in [1.82, 2.24) is 0 Å². The molecular formula is C27H39ClO8. The monoisotopic (exact) mass is 526 g/mol. The van der Waals surface area contributed by atoms with Gasteiger partial charge in [-0.05, 0) is 44.3 Å². The first-order valence-electron chi connectivity index (χ1n) is 12.6. The lowest BCUT2D eigenvalue weighted by molar-refractivity contribution is -0.162. The summed E-state index contributed by atoms with van der Waals surface area (Å²) in [5.74, 6) is -2.27. The predicted octanol–water partition coefficient (Wildman–Crippen LogP) is 4.86. The van der Waals surface area contributed by atoms with Gasteiger partial charge in [0.05, 0.1) is 11.6 Å². The lowest BCUT2D eigenvalue weighted by atomic mass is 9.90. The second kappa shape index (κ2) is 16.3. The molecule has 202 valence electrons. The van der Waals surface area contributed by atoms with E-state index in [1.54, 1.807) is 6.08 Å². The molecular weight excluding hydrogens is 488 g/mol. The van der Waals surface area contributed by atoms with E-state index in [-0.39, 0.29) is 35.8 Å². The van der Waals surface area contributed by atoms with Gasteiger partial charge in [-0.3, -0.25) is 19.2 Å². The molecule has 0 aromatic heterocycles. The number of halogens is 1. The fourth-order valence-electron chi connectivity index (χ4n) is 3.77. The normalized spacial score (nSPS) is 20.3. The van der Waals surface area contributed by atoms with Gasteiger partial charge in [0.25, 0.3) is 0 Å². The third-order valence-corrected chi connectivity index (χ3v) is 5.80. The van der Waals surface area contributed by atoms with E-state index in [0.29, 0.717) is 19.4 Å². The molecule has 0 aromatic carbocycles. The highest BCUT2D eigenvalue weighted by molar-refractivity contribution is 6.46. The molecule has 0 spiro atoms. The van der Waals surface area contributed by atoms with Gasteiger partial charge in [0.2, 0.25) is 5.78 Å². The van der Waals surface area contributed by atoms with Crippen LogP contribution >= 0.6 is 11.6 Å². The first-order chi connectivity index (χ1) is 17.0. The number of esters is 3. The van der Waals surface area contributed by atoms with Crippen LogP contribution in [0.4, 0.5) is 0 Å². The Hall–Kier alpha value is -2.45. The van der Waals surface area contributed by atoms with E-state index in [1.165, 1.54) is 26.0 Å². The van der Waals surface area contributed by atoms with Crippen LogP contribution in [0.15, 0.2) is 34.9 Å². The summed E-state index contributed by atoms with van der Waals surface area (Å²) in [6, 6.07) is 0. The minimum Gasteiger partial charge on any atom is -0.466 e. The quantitative estimate of drug-likeness (QED) is 0.0995. The van der Waals surface area contributed by atoms with Crippen LogP contribution in [0.2, 0.25) is 0 Å². The molecule has 1 aliphatic carbocycles. The lowest BCUT2D eigenvalue weighted by Crippen LogP contribution is -2.36. The topological polar surface area (TPSA) is 116 Å². The zero-order chi connectivity index (χ0) is 27.1. The van der Waals surface area contributed by atoms with E-state index < -0.39 is 35.5 Å². The Morgan fingerprint density at radius 3 is 2.36 bits per heavy atom. The Bertz CT molecular complexity index is 860. The summed E-state index contributed by atoms with van der Waals surface area (Å²) in [7, 11) is 0. The Morgan fingerprint density at radius 1 is 1.06 bits per heavy atom.